The maximum absolute atomic E-state index is 10.5. The van der Waals surface area contributed by atoms with Crippen molar-refractivity contribution in [3.63, 3.8) is 0 Å². The molecular formula is C10H15N3O3. The van der Waals surface area contributed by atoms with E-state index in [4.69, 9.17) is 9.84 Å². The van der Waals surface area contributed by atoms with E-state index in [-0.39, 0.29) is 12.5 Å². The van der Waals surface area contributed by atoms with E-state index in [9.17, 15) is 4.79 Å². The topological polar surface area (TPSA) is 84.3 Å². The Morgan fingerprint density at radius 3 is 3.00 bits per heavy atom. The van der Waals surface area contributed by atoms with Crippen molar-refractivity contribution in [1.82, 2.24) is 9.97 Å². The minimum absolute atomic E-state index is 0.0342. The quantitative estimate of drug-likeness (QED) is 0.740. The highest BCUT2D eigenvalue weighted by Crippen LogP contribution is 2.03. The van der Waals surface area contributed by atoms with Gasteiger partial charge in [-0.25, -0.2) is 9.97 Å². The summed E-state index contributed by atoms with van der Waals surface area (Å²) in [5.74, 6) is 0.449. The van der Waals surface area contributed by atoms with Gasteiger partial charge in [-0.05, 0) is 13.0 Å². The zero-order valence-corrected chi connectivity index (χ0v) is 9.30. The zero-order chi connectivity index (χ0) is 12.0. The van der Waals surface area contributed by atoms with E-state index in [1.54, 1.807) is 19.2 Å². The van der Waals surface area contributed by atoms with Crippen LogP contribution in [0.1, 0.15) is 12.2 Å². The van der Waals surface area contributed by atoms with Crippen molar-refractivity contribution >= 4 is 11.8 Å². The molecule has 1 heterocycles. The second-order valence-electron chi connectivity index (χ2n) is 3.33. The molecule has 0 aliphatic heterocycles. The number of anilines is 1. The molecule has 6 heteroatoms. The third-order valence-electron chi connectivity index (χ3n) is 2.02. The lowest BCUT2D eigenvalue weighted by Gasteiger charge is -2.14. The molecule has 88 valence electrons. The second-order valence-corrected chi connectivity index (χ2v) is 3.33. The van der Waals surface area contributed by atoms with Crippen LogP contribution in [0.25, 0.3) is 0 Å². The Kier molecular flexibility index (Phi) is 4.65. The summed E-state index contributed by atoms with van der Waals surface area (Å²) < 4.78 is 5.03. The summed E-state index contributed by atoms with van der Waals surface area (Å²) in [5.41, 5.74) is 0. The van der Waals surface area contributed by atoms with E-state index >= 15 is 0 Å². The van der Waals surface area contributed by atoms with Crippen LogP contribution < -0.4 is 5.32 Å². The predicted octanol–water partition coefficient (Wildman–Crippen LogP) is 0.687. The SMILES string of the molecule is COC(CNc1ccnc(C)n1)CC(=O)O. The average Bonchev–Trinajstić information content (AvgIpc) is 2.24. The summed E-state index contributed by atoms with van der Waals surface area (Å²) in [7, 11) is 1.49. The maximum atomic E-state index is 10.5. The van der Waals surface area contributed by atoms with Gasteiger partial charge in [0.2, 0.25) is 0 Å². The van der Waals surface area contributed by atoms with Gasteiger partial charge >= 0.3 is 5.97 Å². The van der Waals surface area contributed by atoms with Gasteiger partial charge in [0.25, 0.3) is 0 Å². The molecule has 0 fully saturated rings. The van der Waals surface area contributed by atoms with E-state index in [1.807, 2.05) is 0 Å². The number of carboxylic acid groups (broad SMARTS) is 1. The van der Waals surface area contributed by atoms with Crippen LogP contribution in [-0.4, -0.2) is 40.8 Å². The van der Waals surface area contributed by atoms with Crippen molar-refractivity contribution < 1.29 is 14.6 Å². The summed E-state index contributed by atoms with van der Waals surface area (Å²) in [5, 5.41) is 11.6. The molecule has 0 aliphatic carbocycles. The van der Waals surface area contributed by atoms with Gasteiger partial charge in [0.1, 0.15) is 11.6 Å². The molecule has 0 saturated carbocycles. The molecule has 1 aromatic rings. The normalized spacial score (nSPS) is 12.1. The largest absolute Gasteiger partial charge is 0.481 e. The summed E-state index contributed by atoms with van der Waals surface area (Å²) in [6.45, 7) is 2.19. The molecule has 0 radical (unpaired) electrons. The van der Waals surface area contributed by atoms with E-state index in [1.165, 1.54) is 7.11 Å². The molecule has 0 aromatic carbocycles. The second kappa shape index (κ2) is 6.02. The van der Waals surface area contributed by atoms with Crippen molar-refractivity contribution in [2.75, 3.05) is 19.0 Å². The number of nitrogens with one attached hydrogen (secondary N) is 1. The Labute approximate surface area is 93.7 Å². The predicted molar refractivity (Wildman–Crippen MR) is 58.3 cm³/mol. The number of aliphatic carboxylic acids is 1. The highest BCUT2D eigenvalue weighted by Gasteiger charge is 2.11. The first-order valence-corrected chi connectivity index (χ1v) is 4.90. The molecule has 0 aliphatic rings. The molecule has 0 spiro atoms. The van der Waals surface area contributed by atoms with Crippen LogP contribution in [0.4, 0.5) is 5.82 Å². The maximum Gasteiger partial charge on any atom is 0.306 e. The number of nitrogens with zero attached hydrogens (tertiary/aromatic N) is 2. The highest BCUT2D eigenvalue weighted by molar-refractivity contribution is 5.67. The van der Waals surface area contributed by atoms with Gasteiger partial charge in [-0.3, -0.25) is 4.79 Å². The van der Waals surface area contributed by atoms with Gasteiger partial charge < -0.3 is 15.2 Å². The van der Waals surface area contributed by atoms with Crippen LogP contribution in [0.15, 0.2) is 12.3 Å². The molecule has 2 N–H and O–H groups in total. The fourth-order valence-corrected chi connectivity index (χ4v) is 1.21. The van der Waals surface area contributed by atoms with E-state index in [0.29, 0.717) is 18.2 Å². The number of carbonyl (C=O) groups is 1. The lowest BCUT2D eigenvalue weighted by atomic mass is 10.2. The van der Waals surface area contributed by atoms with Crippen molar-refractivity contribution in [3.8, 4) is 0 Å². The molecular weight excluding hydrogens is 210 g/mol. The van der Waals surface area contributed by atoms with Crippen molar-refractivity contribution in [2.24, 2.45) is 0 Å². The first-order valence-electron chi connectivity index (χ1n) is 4.90. The number of carboxylic acids is 1. The Morgan fingerprint density at radius 1 is 1.69 bits per heavy atom. The van der Waals surface area contributed by atoms with Crippen LogP contribution in [0.2, 0.25) is 0 Å². The Hall–Kier alpha value is -1.69. The molecule has 1 atom stereocenters. The number of rotatable bonds is 6. The third-order valence-corrected chi connectivity index (χ3v) is 2.02. The minimum atomic E-state index is -0.882. The summed E-state index contributed by atoms with van der Waals surface area (Å²) >= 11 is 0. The molecule has 0 bridgehead atoms. The number of methoxy groups -OCH3 is 1. The summed E-state index contributed by atoms with van der Waals surface area (Å²) in [4.78, 5) is 18.6. The first kappa shape index (κ1) is 12.4. The van der Waals surface area contributed by atoms with Crippen molar-refractivity contribution in [2.45, 2.75) is 19.4 Å². The summed E-state index contributed by atoms with van der Waals surface area (Å²) in [6.07, 6.45) is 1.24. The number of hydrogen-bond acceptors (Lipinski definition) is 5. The molecule has 1 unspecified atom stereocenters. The monoisotopic (exact) mass is 225 g/mol. The zero-order valence-electron chi connectivity index (χ0n) is 9.30. The first-order chi connectivity index (χ1) is 7.61. The molecule has 0 amide bonds. The van der Waals surface area contributed by atoms with Crippen LogP contribution in [0, 0.1) is 6.92 Å². The van der Waals surface area contributed by atoms with Crippen LogP contribution in [-0.2, 0) is 9.53 Å². The molecule has 6 nitrogen and oxygen atoms in total. The highest BCUT2D eigenvalue weighted by atomic mass is 16.5. The van der Waals surface area contributed by atoms with Gasteiger partial charge in [0.05, 0.1) is 12.5 Å². The Morgan fingerprint density at radius 2 is 2.44 bits per heavy atom. The fourth-order valence-electron chi connectivity index (χ4n) is 1.21. The fraction of sp³-hybridized carbons (Fsp3) is 0.500. The van der Waals surface area contributed by atoms with Crippen molar-refractivity contribution in [1.29, 1.82) is 0 Å². The van der Waals surface area contributed by atoms with Crippen LogP contribution in [0.5, 0.6) is 0 Å². The lowest BCUT2D eigenvalue weighted by molar-refractivity contribution is -0.139. The number of aryl methyl sites for hydroxylation is 1. The summed E-state index contributed by atoms with van der Waals surface area (Å²) in [6, 6.07) is 1.72. The lowest BCUT2D eigenvalue weighted by Crippen LogP contribution is -2.25. The molecule has 1 aromatic heterocycles. The van der Waals surface area contributed by atoms with Gasteiger partial charge in [-0.2, -0.15) is 0 Å². The standard InChI is InChI=1S/C10H15N3O3/c1-7-11-4-3-9(13-7)12-6-8(16-2)5-10(14)15/h3-4,8H,5-6H2,1-2H3,(H,14,15)(H,11,12,13). The number of hydrogen-bond donors (Lipinski definition) is 2. The van der Waals surface area contributed by atoms with Gasteiger partial charge in [0.15, 0.2) is 0 Å². The number of aromatic nitrogens is 2. The smallest absolute Gasteiger partial charge is 0.306 e. The Bertz CT molecular complexity index is 357. The van der Waals surface area contributed by atoms with Gasteiger partial charge in [0, 0.05) is 19.9 Å². The minimum Gasteiger partial charge on any atom is -0.481 e. The van der Waals surface area contributed by atoms with Crippen molar-refractivity contribution in [3.05, 3.63) is 18.1 Å². The van der Waals surface area contributed by atoms with E-state index in [2.05, 4.69) is 15.3 Å². The van der Waals surface area contributed by atoms with Crippen LogP contribution >= 0.6 is 0 Å². The number of ether oxygens (including phenoxy) is 1. The average molecular weight is 225 g/mol. The molecule has 0 saturated heterocycles. The Balaban J connectivity index is 2.46. The van der Waals surface area contributed by atoms with E-state index in [0.717, 1.165) is 0 Å². The van der Waals surface area contributed by atoms with Gasteiger partial charge in [-0.15, -0.1) is 0 Å². The molecule has 16 heavy (non-hydrogen) atoms. The van der Waals surface area contributed by atoms with Crippen LogP contribution in [0.3, 0.4) is 0 Å². The molecule has 1 rings (SSSR count). The van der Waals surface area contributed by atoms with Gasteiger partial charge in [-0.1, -0.05) is 0 Å². The van der Waals surface area contributed by atoms with E-state index < -0.39 is 5.97 Å². The third kappa shape index (κ3) is 4.22.